The quantitative estimate of drug-likeness (QED) is 0.564. The summed E-state index contributed by atoms with van der Waals surface area (Å²) in [6.45, 7) is 3.52. The molecule has 4 nitrogen and oxygen atoms in total. The number of nitrogens with one attached hydrogen (secondary N) is 2. The van der Waals surface area contributed by atoms with Crippen molar-refractivity contribution in [2.24, 2.45) is 0 Å². The van der Waals surface area contributed by atoms with E-state index >= 15 is 0 Å². The molecule has 0 spiro atoms. The van der Waals surface area contributed by atoms with E-state index in [-0.39, 0.29) is 0 Å². The van der Waals surface area contributed by atoms with Gasteiger partial charge in [0.2, 0.25) is 0 Å². The van der Waals surface area contributed by atoms with Crippen LogP contribution in [0.1, 0.15) is 11.1 Å². The van der Waals surface area contributed by atoms with E-state index < -0.39 is 0 Å². The van der Waals surface area contributed by atoms with Gasteiger partial charge in [-0.1, -0.05) is 0 Å². The minimum Gasteiger partial charge on any atom is -0.496 e. The summed E-state index contributed by atoms with van der Waals surface area (Å²) in [4.78, 5) is 0. The summed E-state index contributed by atoms with van der Waals surface area (Å²) in [6, 6.07) is 4.01. The van der Waals surface area contributed by atoms with Crippen molar-refractivity contribution in [1.82, 2.24) is 10.6 Å². The second-order valence-electron chi connectivity index (χ2n) is 3.59. The van der Waals surface area contributed by atoms with Crippen molar-refractivity contribution in [3.8, 4) is 11.5 Å². The molecule has 1 rings (SSSR count). The van der Waals surface area contributed by atoms with Gasteiger partial charge in [-0.05, 0) is 31.7 Å². The number of ether oxygens (including phenoxy) is 2. The lowest BCUT2D eigenvalue weighted by atomic mass is 10.1. The first-order valence-corrected chi connectivity index (χ1v) is 5.29. The minimum atomic E-state index is 0.751. The Bertz CT molecular complexity index is 340. The van der Waals surface area contributed by atoms with Crippen molar-refractivity contribution in [2.45, 2.75) is 13.5 Å². The van der Waals surface area contributed by atoms with Crippen LogP contribution in [0.15, 0.2) is 12.1 Å². The molecule has 0 aliphatic heterocycles. The van der Waals surface area contributed by atoms with Gasteiger partial charge in [-0.2, -0.15) is 0 Å². The fourth-order valence-electron chi connectivity index (χ4n) is 1.57. The molecule has 1 aromatic carbocycles. The molecule has 90 valence electrons. The molecule has 0 atom stereocenters. The molecule has 4 heteroatoms. The number of hydrogen-bond donors (Lipinski definition) is 2. The molecule has 0 saturated heterocycles. The zero-order valence-corrected chi connectivity index (χ0v) is 10.4. The smallest absolute Gasteiger partial charge is 0.123 e. The summed E-state index contributed by atoms with van der Waals surface area (Å²) in [7, 11) is 5.27. The lowest BCUT2D eigenvalue weighted by molar-refractivity contribution is 0.394. The largest absolute Gasteiger partial charge is 0.496 e. The van der Waals surface area contributed by atoms with E-state index in [9.17, 15) is 0 Å². The molecule has 0 bridgehead atoms. The van der Waals surface area contributed by atoms with Gasteiger partial charge in [0.1, 0.15) is 11.5 Å². The van der Waals surface area contributed by atoms with Gasteiger partial charge in [-0.3, -0.25) is 0 Å². The molecule has 16 heavy (non-hydrogen) atoms. The highest BCUT2D eigenvalue weighted by atomic mass is 16.5. The Kier molecular flexibility index (Phi) is 5.08. The van der Waals surface area contributed by atoms with Gasteiger partial charge < -0.3 is 20.1 Å². The van der Waals surface area contributed by atoms with Gasteiger partial charge in [0.15, 0.2) is 0 Å². The zero-order valence-electron chi connectivity index (χ0n) is 10.4. The molecule has 0 amide bonds. The lowest BCUT2D eigenvalue weighted by Crippen LogP contribution is -2.25. The third-order valence-corrected chi connectivity index (χ3v) is 2.42. The maximum absolute atomic E-state index is 5.34. The molecule has 2 N–H and O–H groups in total. The van der Waals surface area contributed by atoms with Gasteiger partial charge >= 0.3 is 0 Å². The van der Waals surface area contributed by atoms with Gasteiger partial charge in [-0.15, -0.1) is 0 Å². The normalized spacial score (nSPS) is 10.2. The minimum absolute atomic E-state index is 0.751. The third kappa shape index (κ3) is 3.12. The van der Waals surface area contributed by atoms with Gasteiger partial charge in [0, 0.05) is 18.8 Å². The highest BCUT2D eigenvalue weighted by Gasteiger charge is 2.07. The van der Waals surface area contributed by atoms with E-state index in [0.717, 1.165) is 35.8 Å². The van der Waals surface area contributed by atoms with Crippen molar-refractivity contribution >= 4 is 0 Å². The summed E-state index contributed by atoms with van der Waals surface area (Å²) in [6.07, 6.45) is 0. The average molecular weight is 224 g/mol. The van der Waals surface area contributed by atoms with Gasteiger partial charge in [0.25, 0.3) is 0 Å². The first-order chi connectivity index (χ1) is 7.72. The second-order valence-corrected chi connectivity index (χ2v) is 3.59. The predicted molar refractivity (Wildman–Crippen MR) is 65.0 cm³/mol. The van der Waals surface area contributed by atoms with Crippen LogP contribution in [0.5, 0.6) is 11.5 Å². The maximum atomic E-state index is 5.34. The van der Waals surface area contributed by atoms with Crippen LogP contribution < -0.4 is 20.1 Å². The van der Waals surface area contributed by atoms with E-state index in [4.69, 9.17) is 9.47 Å². The number of rotatable bonds is 6. The van der Waals surface area contributed by atoms with Crippen LogP contribution >= 0.6 is 0 Å². The standard InChI is InChI=1S/C12H20N2O2/c1-9-5-12(16-4)10(6-11(9)15-3)7-14-8-13-2/h5-6,13-14H,7-8H2,1-4H3. The molecule has 0 heterocycles. The molecule has 0 aliphatic rings. The van der Waals surface area contributed by atoms with Crippen LogP contribution in [0, 0.1) is 6.92 Å². The zero-order chi connectivity index (χ0) is 12.0. The SMILES string of the molecule is CNCNCc1cc(OC)c(C)cc1OC. The Morgan fingerprint density at radius 2 is 1.81 bits per heavy atom. The van der Waals surface area contributed by atoms with Gasteiger partial charge in [-0.25, -0.2) is 0 Å². The second kappa shape index (κ2) is 6.35. The van der Waals surface area contributed by atoms with Crippen LogP contribution in [0.3, 0.4) is 0 Å². The lowest BCUT2D eigenvalue weighted by Gasteiger charge is -2.13. The summed E-state index contributed by atoms with van der Waals surface area (Å²) in [5.41, 5.74) is 2.18. The summed E-state index contributed by atoms with van der Waals surface area (Å²) in [5.74, 6) is 1.78. The molecule has 0 aromatic heterocycles. The molecule has 0 fully saturated rings. The first kappa shape index (κ1) is 12.8. The number of benzene rings is 1. The van der Waals surface area contributed by atoms with Crippen molar-refractivity contribution < 1.29 is 9.47 Å². The molecular weight excluding hydrogens is 204 g/mol. The average Bonchev–Trinajstić information content (AvgIpc) is 2.30. The monoisotopic (exact) mass is 224 g/mol. The Labute approximate surface area is 96.9 Å². The molecule has 0 unspecified atom stereocenters. The highest BCUT2D eigenvalue weighted by Crippen LogP contribution is 2.27. The molecular formula is C12H20N2O2. The summed E-state index contributed by atoms with van der Waals surface area (Å²) in [5, 5.41) is 6.28. The Hall–Kier alpha value is -1.26. The molecule has 1 aromatic rings. The highest BCUT2D eigenvalue weighted by molar-refractivity contribution is 5.45. The van der Waals surface area contributed by atoms with Crippen LogP contribution in [-0.2, 0) is 6.54 Å². The van der Waals surface area contributed by atoms with Crippen LogP contribution in [0.4, 0.5) is 0 Å². The Morgan fingerprint density at radius 3 is 2.38 bits per heavy atom. The topological polar surface area (TPSA) is 42.5 Å². The maximum Gasteiger partial charge on any atom is 0.123 e. The molecule has 0 saturated carbocycles. The van der Waals surface area contributed by atoms with Crippen molar-refractivity contribution in [2.75, 3.05) is 27.9 Å². The van der Waals surface area contributed by atoms with E-state index in [1.54, 1.807) is 14.2 Å². The molecule has 0 aliphatic carbocycles. The van der Waals surface area contributed by atoms with Crippen molar-refractivity contribution in [3.05, 3.63) is 23.3 Å². The van der Waals surface area contributed by atoms with Crippen molar-refractivity contribution in [1.29, 1.82) is 0 Å². The van der Waals surface area contributed by atoms with E-state index in [0.29, 0.717) is 0 Å². The number of methoxy groups -OCH3 is 2. The first-order valence-electron chi connectivity index (χ1n) is 5.29. The summed E-state index contributed by atoms with van der Waals surface area (Å²) < 4.78 is 10.6. The van der Waals surface area contributed by atoms with Crippen molar-refractivity contribution in [3.63, 3.8) is 0 Å². The van der Waals surface area contributed by atoms with E-state index in [1.807, 2.05) is 26.1 Å². The Morgan fingerprint density at radius 1 is 1.12 bits per heavy atom. The summed E-state index contributed by atoms with van der Waals surface area (Å²) >= 11 is 0. The fourth-order valence-corrected chi connectivity index (χ4v) is 1.57. The van der Waals surface area contributed by atoms with E-state index in [1.165, 1.54) is 0 Å². The Balaban J connectivity index is 2.86. The van der Waals surface area contributed by atoms with Crippen LogP contribution in [-0.4, -0.2) is 27.9 Å². The number of aryl methyl sites for hydroxylation is 1. The van der Waals surface area contributed by atoms with Crippen LogP contribution in [0.25, 0.3) is 0 Å². The van der Waals surface area contributed by atoms with Crippen LogP contribution in [0.2, 0.25) is 0 Å². The number of hydrogen-bond acceptors (Lipinski definition) is 4. The predicted octanol–water partition coefficient (Wildman–Crippen LogP) is 1.28. The van der Waals surface area contributed by atoms with E-state index in [2.05, 4.69) is 10.6 Å². The van der Waals surface area contributed by atoms with Gasteiger partial charge in [0.05, 0.1) is 14.2 Å². The molecule has 0 radical (unpaired) electrons. The third-order valence-electron chi connectivity index (χ3n) is 2.42. The fraction of sp³-hybridized carbons (Fsp3) is 0.500.